The maximum atomic E-state index is 14.3. The van der Waals surface area contributed by atoms with Gasteiger partial charge in [-0.15, -0.1) is 11.3 Å². The van der Waals surface area contributed by atoms with E-state index in [0.29, 0.717) is 18.5 Å². The number of pyridine rings is 1. The lowest BCUT2D eigenvalue weighted by atomic mass is 9.87. The van der Waals surface area contributed by atoms with Crippen LogP contribution in [0.4, 0.5) is 8.78 Å². The van der Waals surface area contributed by atoms with Crippen molar-refractivity contribution < 1.29 is 13.6 Å². The third kappa shape index (κ3) is 3.64. The molecule has 0 bridgehead atoms. The van der Waals surface area contributed by atoms with E-state index in [0.717, 1.165) is 16.0 Å². The highest BCUT2D eigenvalue weighted by Crippen LogP contribution is 2.37. The minimum atomic E-state index is -3.02. The van der Waals surface area contributed by atoms with Gasteiger partial charge in [-0.05, 0) is 30.9 Å². The van der Waals surface area contributed by atoms with Crippen molar-refractivity contribution in [1.29, 1.82) is 0 Å². The summed E-state index contributed by atoms with van der Waals surface area (Å²) in [5.41, 5.74) is 8.22. The molecule has 1 saturated carbocycles. The molecule has 0 aromatic carbocycles. The number of halogens is 2. The standard InChI is InChI=1S/C20H23F2N5OS/c1-11(2)16-15(12-10-24-27-9-4-3-7-14(12)27)25-19(29-16)18(28)26-17-13(23)6-5-8-20(17,21)22/h3-4,7,9-11,13,17H,5-6,8,23H2,1-2H3,(H,26,28). The fourth-order valence-corrected chi connectivity index (χ4v) is 4.74. The molecule has 9 heteroatoms. The van der Waals surface area contributed by atoms with Gasteiger partial charge in [-0.25, -0.2) is 18.3 Å². The van der Waals surface area contributed by atoms with Gasteiger partial charge < -0.3 is 11.1 Å². The van der Waals surface area contributed by atoms with Gasteiger partial charge in [-0.2, -0.15) is 5.10 Å². The monoisotopic (exact) mass is 419 g/mol. The molecule has 0 saturated heterocycles. The second-order valence-corrected chi connectivity index (χ2v) is 8.77. The smallest absolute Gasteiger partial charge is 0.280 e. The molecule has 1 aliphatic rings. The van der Waals surface area contributed by atoms with E-state index >= 15 is 0 Å². The summed E-state index contributed by atoms with van der Waals surface area (Å²) in [5, 5.41) is 6.95. The first-order chi connectivity index (χ1) is 13.8. The number of nitrogens with zero attached hydrogens (tertiary/aromatic N) is 3. The summed E-state index contributed by atoms with van der Waals surface area (Å²) in [5.74, 6) is -3.51. The summed E-state index contributed by atoms with van der Waals surface area (Å²) >= 11 is 1.23. The highest BCUT2D eigenvalue weighted by Gasteiger charge is 2.46. The first kappa shape index (κ1) is 19.9. The predicted molar refractivity (Wildman–Crippen MR) is 108 cm³/mol. The fraction of sp³-hybridized carbons (Fsp3) is 0.450. The first-order valence-corrected chi connectivity index (χ1v) is 10.5. The Morgan fingerprint density at radius 3 is 2.93 bits per heavy atom. The molecule has 1 fully saturated rings. The number of rotatable bonds is 4. The Morgan fingerprint density at radius 2 is 2.21 bits per heavy atom. The molecule has 154 valence electrons. The van der Waals surface area contributed by atoms with Crippen molar-refractivity contribution in [3.8, 4) is 11.3 Å². The van der Waals surface area contributed by atoms with E-state index in [9.17, 15) is 13.6 Å². The average molecular weight is 420 g/mol. The maximum Gasteiger partial charge on any atom is 0.280 e. The second kappa shape index (κ2) is 7.46. The normalized spacial score (nSPS) is 21.6. The van der Waals surface area contributed by atoms with Crippen LogP contribution < -0.4 is 11.1 Å². The van der Waals surface area contributed by atoms with Crippen molar-refractivity contribution in [2.45, 2.75) is 57.0 Å². The first-order valence-electron chi connectivity index (χ1n) is 9.65. The largest absolute Gasteiger partial charge is 0.340 e. The molecule has 6 nitrogen and oxygen atoms in total. The predicted octanol–water partition coefficient (Wildman–Crippen LogP) is 3.83. The van der Waals surface area contributed by atoms with E-state index in [1.54, 1.807) is 10.7 Å². The van der Waals surface area contributed by atoms with Crippen molar-refractivity contribution in [3.05, 3.63) is 40.5 Å². The lowest BCUT2D eigenvalue weighted by molar-refractivity contribution is -0.0674. The number of carbonyl (C=O) groups is 1. The number of aromatic nitrogens is 3. The molecule has 3 aromatic heterocycles. The number of nitrogens with one attached hydrogen (secondary N) is 1. The summed E-state index contributed by atoms with van der Waals surface area (Å²) in [4.78, 5) is 18.2. The third-order valence-corrected chi connectivity index (χ3v) is 6.63. The molecule has 3 N–H and O–H groups in total. The zero-order valence-electron chi connectivity index (χ0n) is 16.2. The zero-order valence-corrected chi connectivity index (χ0v) is 17.0. The van der Waals surface area contributed by atoms with E-state index in [2.05, 4.69) is 15.4 Å². The van der Waals surface area contributed by atoms with Crippen molar-refractivity contribution >= 4 is 22.8 Å². The Balaban J connectivity index is 1.69. The Labute approximate surface area is 171 Å². The van der Waals surface area contributed by atoms with Gasteiger partial charge in [0.05, 0.1) is 17.4 Å². The number of fused-ring (bicyclic) bond motifs is 1. The number of hydrogen-bond acceptors (Lipinski definition) is 5. The quantitative estimate of drug-likeness (QED) is 0.673. The van der Waals surface area contributed by atoms with Gasteiger partial charge >= 0.3 is 0 Å². The minimum Gasteiger partial charge on any atom is -0.340 e. The SMILES string of the molecule is CC(C)c1sc(C(=O)NC2C(N)CCCC2(F)F)nc1-c1cnn2ccccc12. The lowest BCUT2D eigenvalue weighted by Gasteiger charge is -2.36. The van der Waals surface area contributed by atoms with Crippen LogP contribution in [0.5, 0.6) is 0 Å². The Hall–Kier alpha value is -2.39. The van der Waals surface area contributed by atoms with E-state index in [1.165, 1.54) is 11.3 Å². The van der Waals surface area contributed by atoms with Crippen LogP contribution in [-0.4, -0.2) is 38.5 Å². The van der Waals surface area contributed by atoms with E-state index in [-0.39, 0.29) is 17.3 Å². The molecule has 1 amide bonds. The molecule has 1 aliphatic carbocycles. The van der Waals surface area contributed by atoms with Crippen LogP contribution in [-0.2, 0) is 0 Å². The molecule has 3 aromatic rings. The molecule has 0 aliphatic heterocycles. The number of hydrogen-bond donors (Lipinski definition) is 2. The molecule has 2 unspecified atom stereocenters. The lowest BCUT2D eigenvalue weighted by Crippen LogP contribution is -2.59. The molecule has 4 rings (SSSR count). The summed E-state index contributed by atoms with van der Waals surface area (Å²) < 4.78 is 30.3. The van der Waals surface area contributed by atoms with Gasteiger partial charge in [0.15, 0.2) is 5.01 Å². The second-order valence-electron chi connectivity index (χ2n) is 7.74. The summed E-state index contributed by atoms with van der Waals surface area (Å²) in [6.45, 7) is 4.02. The van der Waals surface area contributed by atoms with Gasteiger partial charge in [-0.1, -0.05) is 19.9 Å². The molecule has 2 atom stereocenters. The molecular weight excluding hydrogens is 396 g/mol. The Bertz CT molecular complexity index is 1040. The van der Waals surface area contributed by atoms with Crippen molar-refractivity contribution in [2.24, 2.45) is 5.73 Å². The van der Waals surface area contributed by atoms with Crippen molar-refractivity contribution in [3.63, 3.8) is 0 Å². The van der Waals surface area contributed by atoms with Crippen LogP contribution in [0.3, 0.4) is 0 Å². The van der Waals surface area contributed by atoms with Crippen LogP contribution in [0.2, 0.25) is 0 Å². The van der Waals surface area contributed by atoms with Crippen molar-refractivity contribution in [2.75, 3.05) is 0 Å². The molecule has 0 spiro atoms. The third-order valence-electron chi connectivity index (χ3n) is 5.27. The highest BCUT2D eigenvalue weighted by molar-refractivity contribution is 7.14. The Kier molecular flexibility index (Phi) is 5.12. The van der Waals surface area contributed by atoms with E-state index < -0.39 is 23.9 Å². The minimum absolute atomic E-state index is 0.112. The average Bonchev–Trinajstić information content (AvgIpc) is 3.28. The van der Waals surface area contributed by atoms with Crippen LogP contribution in [0.1, 0.15) is 53.7 Å². The number of alkyl halides is 2. The van der Waals surface area contributed by atoms with Crippen LogP contribution in [0.15, 0.2) is 30.6 Å². The van der Waals surface area contributed by atoms with Gasteiger partial charge in [0.25, 0.3) is 11.8 Å². The molecule has 0 radical (unpaired) electrons. The number of amides is 1. The number of nitrogens with two attached hydrogens (primary N) is 1. The van der Waals surface area contributed by atoms with Crippen molar-refractivity contribution in [1.82, 2.24) is 19.9 Å². The summed E-state index contributed by atoms with van der Waals surface area (Å²) in [7, 11) is 0. The van der Waals surface area contributed by atoms with Crippen LogP contribution >= 0.6 is 11.3 Å². The van der Waals surface area contributed by atoms with E-state index in [4.69, 9.17) is 5.73 Å². The highest BCUT2D eigenvalue weighted by atomic mass is 32.1. The number of carbonyl (C=O) groups excluding carboxylic acids is 1. The van der Waals surface area contributed by atoms with Gasteiger partial charge in [-0.3, -0.25) is 4.79 Å². The molecule has 29 heavy (non-hydrogen) atoms. The number of thiazole rings is 1. The van der Waals surface area contributed by atoms with Gasteiger partial charge in [0.1, 0.15) is 6.04 Å². The van der Waals surface area contributed by atoms with Gasteiger partial charge in [0, 0.05) is 29.1 Å². The summed E-state index contributed by atoms with van der Waals surface area (Å²) in [6.07, 6.45) is 4.09. The summed E-state index contributed by atoms with van der Waals surface area (Å²) in [6, 6.07) is 3.55. The van der Waals surface area contributed by atoms with Crippen LogP contribution in [0.25, 0.3) is 16.8 Å². The topological polar surface area (TPSA) is 85.3 Å². The molecule has 3 heterocycles. The van der Waals surface area contributed by atoms with Crippen LogP contribution in [0, 0.1) is 0 Å². The Morgan fingerprint density at radius 1 is 1.41 bits per heavy atom. The maximum absolute atomic E-state index is 14.3. The van der Waals surface area contributed by atoms with E-state index in [1.807, 2.05) is 38.2 Å². The zero-order chi connectivity index (χ0) is 20.8. The van der Waals surface area contributed by atoms with Gasteiger partial charge in [0.2, 0.25) is 0 Å². The fourth-order valence-electron chi connectivity index (χ4n) is 3.75. The molecular formula is C20H23F2N5OS.